The Labute approximate surface area is 275 Å². The number of aromatic hydroxyl groups is 1. The SMILES string of the molecule is Cc1cc(O)cc(C)c1C[C@H](N)C(=O)N1Cc2ccccc2C[C@H]1C(=O)N[C@@H](CCCCN)C(=O)N[C@@H](Cc1ccccc1)C(N)=O. The maximum atomic E-state index is 14.0. The average molecular weight is 643 g/mol. The number of rotatable bonds is 14. The van der Waals surface area contributed by atoms with E-state index in [4.69, 9.17) is 17.2 Å². The van der Waals surface area contributed by atoms with Crippen molar-refractivity contribution < 1.29 is 24.3 Å². The molecule has 9 N–H and O–H groups in total. The smallest absolute Gasteiger partial charge is 0.243 e. The standard InChI is InChI=1S/C36H46N6O5/c1-22-16-27(43)17-23(2)28(22)20-29(38)36(47)42-21-26-13-7-6-12-25(26)19-32(42)35(46)40-30(14-8-9-15-37)34(45)41-31(33(39)44)18-24-10-4-3-5-11-24/h3-7,10-13,16-17,29-32,43H,8-9,14-15,18-21,37-38H2,1-2H3,(H2,39,44)(H,40,46)(H,41,45)/t29-,30-,31-,32-/m0/s1. The molecule has 11 heteroatoms. The largest absolute Gasteiger partial charge is 0.508 e. The third-order valence-corrected chi connectivity index (χ3v) is 8.78. The summed E-state index contributed by atoms with van der Waals surface area (Å²) in [6, 6.07) is 16.2. The minimum Gasteiger partial charge on any atom is -0.508 e. The van der Waals surface area contributed by atoms with Gasteiger partial charge in [-0.15, -0.1) is 0 Å². The van der Waals surface area contributed by atoms with Crippen LogP contribution in [0.25, 0.3) is 0 Å². The molecule has 0 bridgehead atoms. The summed E-state index contributed by atoms with van der Waals surface area (Å²) in [5, 5.41) is 15.6. The van der Waals surface area contributed by atoms with Gasteiger partial charge in [0.15, 0.2) is 0 Å². The van der Waals surface area contributed by atoms with Crippen LogP contribution in [0.5, 0.6) is 5.75 Å². The molecule has 0 saturated carbocycles. The lowest BCUT2D eigenvalue weighted by Gasteiger charge is -2.38. The molecule has 0 aliphatic carbocycles. The summed E-state index contributed by atoms with van der Waals surface area (Å²) in [5.74, 6) is -1.99. The topological polar surface area (TPSA) is 194 Å². The summed E-state index contributed by atoms with van der Waals surface area (Å²) in [4.78, 5) is 55.4. The normalized spacial score (nSPS) is 16.0. The number of nitrogens with two attached hydrogens (primary N) is 3. The fourth-order valence-electron chi connectivity index (χ4n) is 6.18. The number of hydrogen-bond acceptors (Lipinski definition) is 7. The van der Waals surface area contributed by atoms with Gasteiger partial charge in [0.2, 0.25) is 23.6 Å². The fourth-order valence-corrected chi connectivity index (χ4v) is 6.18. The molecular weight excluding hydrogens is 596 g/mol. The molecule has 0 fully saturated rings. The molecule has 0 unspecified atom stereocenters. The van der Waals surface area contributed by atoms with E-state index in [9.17, 15) is 24.3 Å². The van der Waals surface area contributed by atoms with Gasteiger partial charge in [0.25, 0.3) is 0 Å². The van der Waals surface area contributed by atoms with Crippen molar-refractivity contribution in [3.05, 3.63) is 100 Å². The first-order valence-corrected chi connectivity index (χ1v) is 16.0. The van der Waals surface area contributed by atoms with E-state index < -0.39 is 47.8 Å². The lowest BCUT2D eigenvalue weighted by molar-refractivity contribution is -0.143. The van der Waals surface area contributed by atoms with Gasteiger partial charge in [0.05, 0.1) is 6.04 Å². The van der Waals surface area contributed by atoms with E-state index >= 15 is 0 Å². The minimum absolute atomic E-state index is 0.139. The van der Waals surface area contributed by atoms with Crippen LogP contribution in [-0.2, 0) is 45.0 Å². The highest BCUT2D eigenvalue weighted by Gasteiger charge is 2.38. The molecule has 0 aromatic heterocycles. The maximum absolute atomic E-state index is 14.0. The first-order chi connectivity index (χ1) is 22.5. The molecule has 4 rings (SSSR count). The van der Waals surface area contributed by atoms with E-state index in [2.05, 4.69) is 10.6 Å². The Kier molecular flexibility index (Phi) is 12.1. The highest BCUT2D eigenvalue weighted by molar-refractivity contribution is 5.95. The van der Waals surface area contributed by atoms with Crippen molar-refractivity contribution in [2.75, 3.05) is 6.54 Å². The number of carbonyl (C=O) groups excluding carboxylic acids is 4. The van der Waals surface area contributed by atoms with E-state index in [-0.39, 0.29) is 38.0 Å². The third kappa shape index (κ3) is 9.17. The molecule has 1 aliphatic rings. The van der Waals surface area contributed by atoms with Crippen LogP contribution in [0.3, 0.4) is 0 Å². The first kappa shape index (κ1) is 35.1. The van der Waals surface area contributed by atoms with Gasteiger partial charge in [-0.25, -0.2) is 0 Å². The van der Waals surface area contributed by atoms with E-state index in [1.54, 1.807) is 12.1 Å². The van der Waals surface area contributed by atoms with E-state index in [0.717, 1.165) is 33.4 Å². The van der Waals surface area contributed by atoms with Crippen LogP contribution in [-0.4, -0.2) is 64.3 Å². The molecular formula is C36H46N6O5. The molecule has 11 nitrogen and oxygen atoms in total. The quantitative estimate of drug-likeness (QED) is 0.144. The van der Waals surface area contributed by atoms with E-state index in [1.807, 2.05) is 68.4 Å². The van der Waals surface area contributed by atoms with Gasteiger partial charge in [-0.1, -0.05) is 54.6 Å². The Morgan fingerprint density at radius 2 is 1.53 bits per heavy atom. The van der Waals surface area contributed by atoms with E-state index in [0.29, 0.717) is 19.4 Å². The van der Waals surface area contributed by atoms with Crippen molar-refractivity contribution >= 4 is 23.6 Å². The lowest BCUT2D eigenvalue weighted by Crippen LogP contribution is -2.60. The Morgan fingerprint density at radius 3 is 2.17 bits per heavy atom. The average Bonchev–Trinajstić information content (AvgIpc) is 3.04. The number of amides is 4. The molecule has 250 valence electrons. The molecule has 0 radical (unpaired) electrons. The Morgan fingerprint density at radius 1 is 0.894 bits per heavy atom. The van der Waals surface area contributed by atoms with Gasteiger partial charge >= 0.3 is 0 Å². The number of primary amides is 1. The van der Waals surface area contributed by atoms with E-state index in [1.165, 1.54) is 4.90 Å². The second kappa shape index (κ2) is 16.2. The van der Waals surface area contributed by atoms with Gasteiger partial charge in [-0.05, 0) is 91.6 Å². The fraction of sp³-hybridized carbons (Fsp3) is 0.389. The van der Waals surface area contributed by atoms with Crippen molar-refractivity contribution in [1.82, 2.24) is 15.5 Å². The van der Waals surface area contributed by atoms with Gasteiger partial charge < -0.3 is 37.8 Å². The van der Waals surface area contributed by atoms with Crippen LogP contribution in [0.4, 0.5) is 0 Å². The van der Waals surface area contributed by atoms with Crippen LogP contribution in [0.15, 0.2) is 66.7 Å². The molecule has 0 spiro atoms. The zero-order valence-corrected chi connectivity index (χ0v) is 27.1. The summed E-state index contributed by atoms with van der Waals surface area (Å²) >= 11 is 0. The number of hydrogen-bond donors (Lipinski definition) is 6. The summed E-state index contributed by atoms with van der Waals surface area (Å²) in [6.45, 7) is 4.30. The molecule has 3 aromatic carbocycles. The lowest BCUT2D eigenvalue weighted by atomic mass is 9.91. The van der Waals surface area contributed by atoms with Crippen molar-refractivity contribution in [2.24, 2.45) is 17.2 Å². The van der Waals surface area contributed by atoms with Crippen LogP contribution in [0.2, 0.25) is 0 Å². The number of aryl methyl sites for hydroxylation is 2. The van der Waals surface area contributed by atoms with Crippen molar-refractivity contribution in [3.63, 3.8) is 0 Å². The molecule has 1 aliphatic heterocycles. The van der Waals surface area contributed by atoms with Crippen molar-refractivity contribution in [1.29, 1.82) is 0 Å². The Bertz CT molecular complexity index is 1560. The highest BCUT2D eigenvalue weighted by Crippen LogP contribution is 2.26. The van der Waals surface area contributed by atoms with Gasteiger partial charge in [0.1, 0.15) is 23.9 Å². The molecule has 4 atom stereocenters. The molecule has 47 heavy (non-hydrogen) atoms. The summed E-state index contributed by atoms with van der Waals surface area (Å²) in [5.41, 5.74) is 23.0. The number of carbonyl (C=O) groups is 4. The Hall–Kier alpha value is -4.74. The highest BCUT2D eigenvalue weighted by atomic mass is 16.3. The van der Waals surface area contributed by atoms with Gasteiger partial charge in [0, 0.05) is 19.4 Å². The number of phenolic OH excluding ortho intramolecular Hbond substituents is 1. The van der Waals surface area contributed by atoms with Gasteiger partial charge in [-0.3, -0.25) is 19.2 Å². The molecule has 1 heterocycles. The third-order valence-electron chi connectivity index (χ3n) is 8.78. The summed E-state index contributed by atoms with van der Waals surface area (Å²) in [6.07, 6.45) is 2.14. The zero-order chi connectivity index (χ0) is 34.1. The van der Waals surface area contributed by atoms with Crippen LogP contribution >= 0.6 is 0 Å². The number of unbranched alkanes of at least 4 members (excludes halogenated alkanes) is 1. The van der Waals surface area contributed by atoms with Crippen LogP contribution in [0, 0.1) is 13.8 Å². The predicted molar refractivity (Wildman–Crippen MR) is 180 cm³/mol. The molecule has 4 amide bonds. The number of benzene rings is 3. The first-order valence-electron chi connectivity index (χ1n) is 16.0. The zero-order valence-electron chi connectivity index (χ0n) is 27.1. The second-order valence-corrected chi connectivity index (χ2v) is 12.3. The van der Waals surface area contributed by atoms with Crippen LogP contribution < -0.4 is 27.8 Å². The van der Waals surface area contributed by atoms with Crippen molar-refractivity contribution in [2.45, 2.75) is 83.1 Å². The Balaban J connectivity index is 1.56. The molecule has 3 aromatic rings. The summed E-state index contributed by atoms with van der Waals surface area (Å²) < 4.78 is 0. The summed E-state index contributed by atoms with van der Waals surface area (Å²) in [7, 11) is 0. The maximum Gasteiger partial charge on any atom is 0.243 e. The number of nitrogens with one attached hydrogen (secondary N) is 2. The number of nitrogens with zero attached hydrogens (tertiary/aromatic N) is 1. The number of fused-ring (bicyclic) bond motifs is 1. The van der Waals surface area contributed by atoms with Crippen molar-refractivity contribution in [3.8, 4) is 5.75 Å². The van der Waals surface area contributed by atoms with Gasteiger partial charge in [-0.2, -0.15) is 0 Å². The van der Waals surface area contributed by atoms with Crippen LogP contribution in [0.1, 0.15) is 52.6 Å². The minimum atomic E-state index is -0.989. The predicted octanol–water partition coefficient (Wildman–Crippen LogP) is 1.66. The molecule has 0 saturated heterocycles. The second-order valence-electron chi connectivity index (χ2n) is 12.3. The number of phenols is 1. The monoisotopic (exact) mass is 642 g/mol.